The number of hydrogen-bond acceptors (Lipinski definition) is 5. The average Bonchev–Trinajstić information content (AvgIpc) is 3.45. The lowest BCUT2D eigenvalue weighted by Crippen LogP contribution is -2.45. The molecule has 0 aliphatic rings. The van der Waals surface area contributed by atoms with Crippen molar-refractivity contribution in [3.63, 3.8) is 0 Å². The van der Waals surface area contributed by atoms with Gasteiger partial charge in [0.1, 0.15) is 0 Å². The number of amides is 1. The van der Waals surface area contributed by atoms with E-state index in [0.29, 0.717) is 19.4 Å². The lowest BCUT2D eigenvalue weighted by Gasteiger charge is -2.20. The second kappa shape index (κ2) is 68.6. The number of unbranched alkanes of at least 4 members (excludes halogenated alkanes) is 52. The highest BCUT2D eigenvalue weighted by atomic mass is 16.5. The van der Waals surface area contributed by atoms with E-state index in [1.165, 1.54) is 321 Å². The van der Waals surface area contributed by atoms with Gasteiger partial charge in [0.25, 0.3) is 0 Å². The summed E-state index contributed by atoms with van der Waals surface area (Å²) in [5.74, 6) is -0.0577. The summed E-state index contributed by atoms with van der Waals surface area (Å²) in [6.07, 6.45) is 87.9. The molecule has 0 aromatic heterocycles. The summed E-state index contributed by atoms with van der Waals surface area (Å²) in [6, 6.07) is -0.634. The zero-order chi connectivity index (χ0) is 57.1. The fourth-order valence-corrected chi connectivity index (χ4v) is 11.2. The molecule has 0 aromatic rings. The minimum Gasteiger partial charge on any atom is -0.466 e. The Bertz CT molecular complexity index is 1280. The third-order valence-electron chi connectivity index (χ3n) is 16.7. The summed E-state index contributed by atoms with van der Waals surface area (Å²) in [5, 5.41) is 23.2. The van der Waals surface area contributed by atoms with Gasteiger partial charge in [0.15, 0.2) is 0 Å². The molecule has 1 amide bonds. The Morgan fingerprint density at radius 3 is 0.962 bits per heavy atom. The highest BCUT2D eigenvalue weighted by Crippen LogP contribution is 2.18. The molecule has 0 rings (SSSR count). The average molecular weight is 1110 g/mol. The first-order valence-electron chi connectivity index (χ1n) is 35.8. The highest BCUT2D eigenvalue weighted by molar-refractivity contribution is 5.76. The van der Waals surface area contributed by atoms with E-state index in [1.807, 2.05) is 6.08 Å². The SMILES string of the molecule is CCCCCCCCCCCCCCCCCCCC/C=C/C(O)C(CO)NC(=O)CCCCCCCCCCC/C=C\C/C=C\CCCCCCCCCCCOC(=O)CCCCCCCCCCCCCCCCCCC. The molecular weight excluding hydrogens is 971 g/mol. The molecule has 0 aliphatic heterocycles. The number of allylic oxidation sites excluding steroid dienone is 5. The summed E-state index contributed by atoms with van der Waals surface area (Å²) in [4.78, 5) is 24.6. The van der Waals surface area contributed by atoms with Gasteiger partial charge in [-0.1, -0.05) is 352 Å². The number of rotatable bonds is 67. The first-order chi connectivity index (χ1) is 39.0. The summed E-state index contributed by atoms with van der Waals surface area (Å²) in [7, 11) is 0. The van der Waals surface area contributed by atoms with Crippen LogP contribution in [0.3, 0.4) is 0 Å². The predicted octanol–water partition coefficient (Wildman–Crippen LogP) is 23.1. The molecule has 2 unspecified atom stereocenters. The van der Waals surface area contributed by atoms with Crippen LogP contribution in [0.1, 0.15) is 393 Å². The maximum Gasteiger partial charge on any atom is 0.305 e. The van der Waals surface area contributed by atoms with Crippen LogP contribution in [0.25, 0.3) is 0 Å². The first kappa shape index (κ1) is 77.1. The molecule has 2 atom stereocenters. The number of aliphatic hydroxyl groups excluding tert-OH is 2. The van der Waals surface area contributed by atoms with Gasteiger partial charge >= 0.3 is 5.97 Å². The van der Waals surface area contributed by atoms with Crippen molar-refractivity contribution >= 4 is 11.9 Å². The van der Waals surface area contributed by atoms with Gasteiger partial charge in [0.05, 0.1) is 25.4 Å². The summed E-state index contributed by atoms with van der Waals surface area (Å²) >= 11 is 0. The van der Waals surface area contributed by atoms with Crippen molar-refractivity contribution in [2.45, 2.75) is 405 Å². The molecule has 6 heteroatoms. The van der Waals surface area contributed by atoms with Crippen molar-refractivity contribution in [2.24, 2.45) is 0 Å². The lowest BCUT2D eigenvalue weighted by atomic mass is 10.0. The van der Waals surface area contributed by atoms with Crippen molar-refractivity contribution in [2.75, 3.05) is 13.2 Å². The fourth-order valence-electron chi connectivity index (χ4n) is 11.2. The van der Waals surface area contributed by atoms with E-state index >= 15 is 0 Å². The Labute approximate surface area is 494 Å². The van der Waals surface area contributed by atoms with Crippen molar-refractivity contribution in [1.29, 1.82) is 0 Å². The van der Waals surface area contributed by atoms with Crippen LogP contribution in [0.2, 0.25) is 0 Å². The largest absolute Gasteiger partial charge is 0.466 e. The highest BCUT2D eigenvalue weighted by Gasteiger charge is 2.18. The molecule has 0 aromatic carbocycles. The third-order valence-corrected chi connectivity index (χ3v) is 16.7. The smallest absolute Gasteiger partial charge is 0.305 e. The monoisotopic (exact) mass is 1110 g/mol. The van der Waals surface area contributed by atoms with Crippen LogP contribution in [0.4, 0.5) is 0 Å². The first-order valence-corrected chi connectivity index (χ1v) is 35.8. The molecule has 0 fully saturated rings. The van der Waals surface area contributed by atoms with Crippen LogP contribution < -0.4 is 5.32 Å². The van der Waals surface area contributed by atoms with Gasteiger partial charge < -0.3 is 20.3 Å². The van der Waals surface area contributed by atoms with Gasteiger partial charge in [0.2, 0.25) is 5.91 Å². The van der Waals surface area contributed by atoms with Crippen molar-refractivity contribution < 1.29 is 24.5 Å². The molecule has 0 saturated heterocycles. The van der Waals surface area contributed by atoms with Crippen molar-refractivity contribution in [1.82, 2.24) is 5.32 Å². The summed E-state index contributed by atoms with van der Waals surface area (Å²) in [6.45, 7) is 4.94. The van der Waals surface area contributed by atoms with Gasteiger partial charge in [-0.05, 0) is 64.2 Å². The van der Waals surface area contributed by atoms with Gasteiger partial charge in [-0.3, -0.25) is 9.59 Å². The molecule has 0 heterocycles. The Balaban J connectivity index is 3.44. The maximum atomic E-state index is 12.5. The van der Waals surface area contributed by atoms with E-state index in [2.05, 4.69) is 43.5 Å². The molecule has 6 nitrogen and oxygen atoms in total. The third kappa shape index (κ3) is 65.1. The number of hydrogen-bond donors (Lipinski definition) is 3. The lowest BCUT2D eigenvalue weighted by molar-refractivity contribution is -0.143. The minimum absolute atomic E-state index is 0.0131. The van der Waals surface area contributed by atoms with Crippen LogP contribution in [0.5, 0.6) is 0 Å². The normalized spacial score (nSPS) is 12.7. The number of nitrogens with one attached hydrogen (secondary N) is 1. The molecule has 3 N–H and O–H groups in total. The van der Waals surface area contributed by atoms with Crippen molar-refractivity contribution in [3.05, 3.63) is 36.5 Å². The second-order valence-electron chi connectivity index (χ2n) is 24.6. The molecule has 0 saturated carbocycles. The Morgan fingerprint density at radius 2 is 0.633 bits per heavy atom. The number of esters is 1. The van der Waals surface area contributed by atoms with Gasteiger partial charge in [-0.15, -0.1) is 0 Å². The molecule has 79 heavy (non-hydrogen) atoms. The zero-order valence-electron chi connectivity index (χ0n) is 53.4. The van der Waals surface area contributed by atoms with Crippen molar-refractivity contribution in [3.8, 4) is 0 Å². The number of carbonyl (C=O) groups excluding carboxylic acids is 2. The van der Waals surface area contributed by atoms with E-state index in [-0.39, 0.29) is 18.5 Å². The van der Waals surface area contributed by atoms with Crippen LogP contribution in [0, 0.1) is 0 Å². The van der Waals surface area contributed by atoms with Gasteiger partial charge in [-0.2, -0.15) is 0 Å². The van der Waals surface area contributed by atoms with E-state index in [4.69, 9.17) is 4.74 Å². The molecule has 0 aliphatic carbocycles. The number of aliphatic hydroxyl groups is 2. The van der Waals surface area contributed by atoms with Gasteiger partial charge in [0, 0.05) is 12.8 Å². The standard InChI is InChI=1S/C73H139NO5/c1-3-5-7-9-11-13-15-17-19-21-22-30-34-37-41-45-49-53-57-61-65-71(76)70(69-75)74-72(77)66-62-58-54-50-46-42-38-35-31-28-26-24-23-25-27-29-32-36-40-44-48-52-56-60-64-68-79-73(78)67-63-59-55-51-47-43-39-33-20-18-16-14-12-10-8-6-4-2/h24-27,61,65,70-71,75-76H,3-23,28-60,62-64,66-69H2,1-2H3,(H,74,77)/b26-24-,27-25-,65-61+. The van der Waals surface area contributed by atoms with E-state index < -0.39 is 12.1 Å². The quantitative estimate of drug-likeness (QED) is 0.0320. The number of carbonyl (C=O) groups is 2. The Hall–Kier alpha value is -1.92. The van der Waals surface area contributed by atoms with E-state index in [9.17, 15) is 19.8 Å². The predicted molar refractivity (Wildman–Crippen MR) is 347 cm³/mol. The van der Waals surface area contributed by atoms with Crippen LogP contribution in [0.15, 0.2) is 36.5 Å². The van der Waals surface area contributed by atoms with Crippen LogP contribution in [-0.2, 0) is 14.3 Å². The number of ether oxygens (including phenoxy) is 1. The molecular formula is C73H139NO5. The topological polar surface area (TPSA) is 95.9 Å². The van der Waals surface area contributed by atoms with Gasteiger partial charge in [-0.25, -0.2) is 0 Å². The maximum absolute atomic E-state index is 12.5. The molecule has 0 spiro atoms. The Kier molecular flexibility index (Phi) is 66.9. The fraction of sp³-hybridized carbons (Fsp3) is 0.890. The minimum atomic E-state index is -0.850. The summed E-state index contributed by atoms with van der Waals surface area (Å²) < 4.78 is 5.50. The van der Waals surface area contributed by atoms with E-state index in [1.54, 1.807) is 6.08 Å². The molecule has 466 valence electrons. The van der Waals surface area contributed by atoms with Crippen LogP contribution in [-0.4, -0.2) is 47.4 Å². The van der Waals surface area contributed by atoms with Crippen LogP contribution >= 0.6 is 0 Å². The molecule has 0 bridgehead atoms. The van der Waals surface area contributed by atoms with E-state index in [0.717, 1.165) is 44.9 Å². The molecule has 0 radical (unpaired) electrons. The second-order valence-corrected chi connectivity index (χ2v) is 24.6. The zero-order valence-corrected chi connectivity index (χ0v) is 53.4. The Morgan fingerprint density at radius 1 is 0.354 bits per heavy atom. The summed E-state index contributed by atoms with van der Waals surface area (Å²) in [5.41, 5.74) is 0.